The third-order valence-corrected chi connectivity index (χ3v) is 6.91. The van der Waals surface area contributed by atoms with E-state index in [1.165, 1.54) is 7.05 Å². The highest BCUT2D eigenvalue weighted by molar-refractivity contribution is 7.89. The third-order valence-electron chi connectivity index (χ3n) is 5.11. The van der Waals surface area contributed by atoms with Crippen molar-refractivity contribution in [1.29, 1.82) is 0 Å². The van der Waals surface area contributed by atoms with Crippen LogP contribution >= 0.6 is 0 Å². The van der Waals surface area contributed by atoms with Gasteiger partial charge in [-0.3, -0.25) is 4.79 Å². The molecule has 0 aliphatic rings. The number of sulfonamides is 1. The van der Waals surface area contributed by atoms with E-state index in [0.717, 1.165) is 26.8 Å². The van der Waals surface area contributed by atoms with E-state index < -0.39 is 15.9 Å². The molecular weight excluding hydrogens is 400 g/mol. The van der Waals surface area contributed by atoms with Gasteiger partial charge in [-0.15, -0.1) is 0 Å². The summed E-state index contributed by atoms with van der Waals surface area (Å²) in [7, 11) is -2.37. The first-order chi connectivity index (χ1) is 14.1. The van der Waals surface area contributed by atoms with Crippen LogP contribution in [0.5, 0.6) is 0 Å². The fourth-order valence-corrected chi connectivity index (χ4v) is 4.38. The van der Waals surface area contributed by atoms with E-state index in [9.17, 15) is 13.2 Å². The SMILES string of the molecule is Cc1ccc(S(=O)(=O)N(C)CC(=O)Nc2c(C)nn(-c3ccccc3)c2C)cc1C. The molecule has 2 aromatic carbocycles. The molecule has 158 valence electrons. The summed E-state index contributed by atoms with van der Waals surface area (Å²) in [6.07, 6.45) is 0. The van der Waals surface area contributed by atoms with Crippen molar-refractivity contribution in [2.75, 3.05) is 18.9 Å². The molecule has 30 heavy (non-hydrogen) atoms. The number of hydrogen-bond acceptors (Lipinski definition) is 4. The van der Waals surface area contributed by atoms with Crippen LogP contribution in [-0.4, -0.2) is 42.0 Å². The topological polar surface area (TPSA) is 84.3 Å². The number of carbonyl (C=O) groups is 1. The Kier molecular flexibility index (Phi) is 6.09. The van der Waals surface area contributed by atoms with Gasteiger partial charge < -0.3 is 5.32 Å². The first-order valence-corrected chi connectivity index (χ1v) is 11.0. The van der Waals surface area contributed by atoms with E-state index in [-0.39, 0.29) is 11.4 Å². The summed E-state index contributed by atoms with van der Waals surface area (Å²) in [6, 6.07) is 14.5. The predicted octanol–water partition coefficient (Wildman–Crippen LogP) is 3.37. The normalized spacial score (nSPS) is 11.7. The summed E-state index contributed by atoms with van der Waals surface area (Å²) in [6.45, 7) is 7.14. The number of hydrogen-bond donors (Lipinski definition) is 1. The van der Waals surface area contributed by atoms with Crippen molar-refractivity contribution >= 4 is 21.6 Å². The molecule has 0 aliphatic carbocycles. The van der Waals surface area contributed by atoms with Crippen LogP contribution in [0, 0.1) is 27.7 Å². The van der Waals surface area contributed by atoms with Crippen LogP contribution in [0.15, 0.2) is 53.4 Å². The van der Waals surface area contributed by atoms with E-state index in [1.54, 1.807) is 29.8 Å². The minimum Gasteiger partial charge on any atom is -0.322 e. The average Bonchev–Trinajstić information content (AvgIpc) is 2.98. The van der Waals surface area contributed by atoms with Gasteiger partial charge in [-0.25, -0.2) is 13.1 Å². The molecule has 1 heterocycles. The number of benzene rings is 2. The zero-order chi connectivity index (χ0) is 22.1. The maximum atomic E-state index is 12.8. The van der Waals surface area contributed by atoms with Crippen LogP contribution in [0.25, 0.3) is 5.69 Å². The number of amides is 1. The van der Waals surface area contributed by atoms with Gasteiger partial charge in [-0.1, -0.05) is 24.3 Å². The summed E-state index contributed by atoms with van der Waals surface area (Å²) in [5, 5.41) is 7.31. The van der Waals surface area contributed by atoms with Crippen LogP contribution in [0.3, 0.4) is 0 Å². The molecule has 0 fully saturated rings. The van der Waals surface area contributed by atoms with Gasteiger partial charge in [-0.2, -0.15) is 9.40 Å². The van der Waals surface area contributed by atoms with Gasteiger partial charge in [0.15, 0.2) is 0 Å². The van der Waals surface area contributed by atoms with Crippen molar-refractivity contribution in [2.45, 2.75) is 32.6 Å². The monoisotopic (exact) mass is 426 g/mol. The number of aromatic nitrogens is 2. The van der Waals surface area contributed by atoms with Gasteiger partial charge >= 0.3 is 0 Å². The van der Waals surface area contributed by atoms with Crippen LogP contribution in [0.2, 0.25) is 0 Å². The Morgan fingerprint density at radius 1 is 1.03 bits per heavy atom. The number of nitrogens with one attached hydrogen (secondary N) is 1. The molecule has 3 aromatic rings. The molecule has 0 bridgehead atoms. The molecule has 0 unspecified atom stereocenters. The number of nitrogens with zero attached hydrogens (tertiary/aromatic N) is 3. The predicted molar refractivity (Wildman–Crippen MR) is 117 cm³/mol. The van der Waals surface area contributed by atoms with E-state index >= 15 is 0 Å². The third kappa shape index (κ3) is 4.29. The average molecular weight is 427 g/mol. The highest BCUT2D eigenvalue weighted by Crippen LogP contribution is 2.23. The largest absolute Gasteiger partial charge is 0.322 e. The molecule has 0 aliphatic heterocycles. The lowest BCUT2D eigenvalue weighted by Crippen LogP contribution is -2.35. The fraction of sp³-hybridized carbons (Fsp3) is 0.273. The Bertz CT molecular complexity index is 1180. The molecule has 7 nitrogen and oxygen atoms in total. The summed E-state index contributed by atoms with van der Waals surface area (Å²) in [5.41, 5.74) is 4.79. The zero-order valence-electron chi connectivity index (χ0n) is 17.8. The van der Waals surface area contributed by atoms with Crippen LogP contribution < -0.4 is 5.32 Å². The second-order valence-corrected chi connectivity index (χ2v) is 9.39. The standard InChI is InChI=1S/C22H26N4O3S/c1-15-11-12-20(13-16(15)2)30(28,29)25(5)14-21(27)23-22-17(3)24-26(18(22)4)19-9-7-6-8-10-19/h6-13H,14H2,1-5H3,(H,23,27). The molecule has 8 heteroatoms. The number of likely N-dealkylation sites (N-methyl/N-ethyl adjacent to an activating group) is 1. The van der Waals surface area contributed by atoms with Crippen LogP contribution in [0.1, 0.15) is 22.5 Å². The van der Waals surface area contributed by atoms with E-state index in [4.69, 9.17) is 0 Å². The Hall–Kier alpha value is -2.97. The highest BCUT2D eigenvalue weighted by Gasteiger charge is 2.24. The minimum atomic E-state index is -3.77. The van der Waals surface area contributed by atoms with Crippen LogP contribution in [-0.2, 0) is 14.8 Å². The van der Waals surface area contributed by atoms with Crippen molar-refractivity contribution in [2.24, 2.45) is 0 Å². The Balaban J connectivity index is 1.77. The Morgan fingerprint density at radius 3 is 2.33 bits per heavy atom. The summed E-state index contributed by atoms with van der Waals surface area (Å²) in [4.78, 5) is 12.8. The van der Waals surface area contributed by atoms with Crippen molar-refractivity contribution in [1.82, 2.24) is 14.1 Å². The molecule has 0 saturated carbocycles. The zero-order valence-corrected chi connectivity index (χ0v) is 18.6. The first-order valence-electron chi connectivity index (χ1n) is 9.56. The van der Waals surface area contributed by atoms with Gasteiger partial charge in [0.2, 0.25) is 15.9 Å². The maximum Gasteiger partial charge on any atom is 0.243 e. The lowest BCUT2D eigenvalue weighted by atomic mass is 10.1. The molecule has 1 N–H and O–H groups in total. The second kappa shape index (κ2) is 8.41. The molecule has 3 rings (SSSR count). The Morgan fingerprint density at radius 2 is 1.70 bits per heavy atom. The molecule has 0 atom stereocenters. The maximum absolute atomic E-state index is 12.8. The molecule has 0 radical (unpaired) electrons. The number of anilines is 1. The molecule has 1 amide bonds. The number of carbonyl (C=O) groups excluding carboxylic acids is 1. The quantitative estimate of drug-likeness (QED) is 0.655. The lowest BCUT2D eigenvalue weighted by molar-refractivity contribution is -0.116. The van der Waals surface area contributed by atoms with Gasteiger partial charge in [0.25, 0.3) is 0 Å². The Labute approximate surface area is 177 Å². The van der Waals surface area contributed by atoms with Gasteiger partial charge in [0.1, 0.15) is 0 Å². The van der Waals surface area contributed by atoms with E-state index in [2.05, 4.69) is 10.4 Å². The fourth-order valence-electron chi connectivity index (χ4n) is 3.16. The van der Waals surface area contributed by atoms with Crippen LogP contribution in [0.4, 0.5) is 5.69 Å². The number of aryl methyl sites for hydroxylation is 3. The highest BCUT2D eigenvalue weighted by atomic mass is 32.2. The second-order valence-electron chi connectivity index (χ2n) is 7.35. The number of rotatable bonds is 6. The molecule has 0 saturated heterocycles. The van der Waals surface area contributed by atoms with Crippen molar-refractivity contribution in [3.05, 3.63) is 71.0 Å². The number of para-hydroxylation sites is 1. The smallest absolute Gasteiger partial charge is 0.243 e. The van der Waals surface area contributed by atoms with Gasteiger partial charge in [0.05, 0.1) is 34.2 Å². The summed E-state index contributed by atoms with van der Waals surface area (Å²) < 4.78 is 28.5. The minimum absolute atomic E-state index is 0.171. The van der Waals surface area contributed by atoms with E-state index in [0.29, 0.717) is 11.4 Å². The van der Waals surface area contributed by atoms with Crippen molar-refractivity contribution in [3.63, 3.8) is 0 Å². The lowest BCUT2D eigenvalue weighted by Gasteiger charge is -2.17. The molecule has 0 spiro atoms. The van der Waals surface area contributed by atoms with Crippen molar-refractivity contribution < 1.29 is 13.2 Å². The van der Waals surface area contributed by atoms with Crippen molar-refractivity contribution in [3.8, 4) is 5.69 Å². The first kappa shape index (κ1) is 21.7. The van der Waals surface area contributed by atoms with Gasteiger partial charge in [0, 0.05) is 7.05 Å². The molecule has 1 aromatic heterocycles. The van der Waals surface area contributed by atoms with Gasteiger partial charge in [-0.05, 0) is 63.1 Å². The van der Waals surface area contributed by atoms with E-state index in [1.807, 2.05) is 51.1 Å². The molecular formula is C22H26N4O3S. The summed E-state index contributed by atoms with van der Waals surface area (Å²) in [5.74, 6) is -0.427. The summed E-state index contributed by atoms with van der Waals surface area (Å²) >= 11 is 0.